The summed E-state index contributed by atoms with van der Waals surface area (Å²) in [5, 5.41) is 3.54. The molecule has 1 atom stereocenters. The van der Waals surface area contributed by atoms with Crippen molar-refractivity contribution in [1.82, 2.24) is 5.32 Å². The molecule has 0 aliphatic heterocycles. The summed E-state index contributed by atoms with van der Waals surface area (Å²) in [6, 6.07) is 7.58. The second-order valence-electron chi connectivity index (χ2n) is 4.27. The van der Waals surface area contributed by atoms with Gasteiger partial charge in [0.15, 0.2) is 0 Å². The zero-order chi connectivity index (χ0) is 9.97. The second kappa shape index (κ2) is 4.14. The van der Waals surface area contributed by atoms with E-state index < -0.39 is 0 Å². The average molecular weight is 189 g/mol. The Balaban J connectivity index is 2.15. The summed E-state index contributed by atoms with van der Waals surface area (Å²) in [6.07, 6.45) is 3.75. The van der Waals surface area contributed by atoms with Gasteiger partial charge in [-0.2, -0.15) is 0 Å². The molecular weight excluding hydrogens is 170 g/mol. The highest BCUT2D eigenvalue weighted by Crippen LogP contribution is 2.22. The summed E-state index contributed by atoms with van der Waals surface area (Å²) >= 11 is 0. The van der Waals surface area contributed by atoms with E-state index in [1.165, 1.54) is 24.8 Å². The lowest BCUT2D eigenvalue weighted by atomic mass is 9.87. The first kappa shape index (κ1) is 9.72. The van der Waals surface area contributed by atoms with Crippen LogP contribution in [0.1, 0.15) is 30.0 Å². The first-order valence-corrected chi connectivity index (χ1v) is 5.61. The number of aryl methyl sites for hydroxylation is 2. The number of benzene rings is 1. The Bertz CT molecular complexity index is 317. The van der Waals surface area contributed by atoms with Crippen molar-refractivity contribution >= 4 is 0 Å². The maximum absolute atomic E-state index is 3.54. The topological polar surface area (TPSA) is 12.0 Å². The summed E-state index contributed by atoms with van der Waals surface area (Å²) in [5.41, 5.74) is 4.51. The van der Waals surface area contributed by atoms with Crippen LogP contribution in [0.15, 0.2) is 18.2 Å². The normalized spacial score (nSPS) is 20.6. The standard InChI is InChI=1S/C13H19N/c1-3-14-13-7-6-11-8-10(2)4-5-12(11)9-13/h4-5,8,13-14H,3,6-7,9H2,1-2H3. The van der Waals surface area contributed by atoms with Crippen LogP contribution in [-0.4, -0.2) is 12.6 Å². The fourth-order valence-electron chi connectivity index (χ4n) is 2.35. The van der Waals surface area contributed by atoms with Crippen LogP contribution in [0.4, 0.5) is 0 Å². The van der Waals surface area contributed by atoms with E-state index >= 15 is 0 Å². The summed E-state index contributed by atoms with van der Waals surface area (Å²) in [6.45, 7) is 5.45. The molecular formula is C13H19N. The molecule has 76 valence electrons. The van der Waals surface area contributed by atoms with Gasteiger partial charge in [0.1, 0.15) is 0 Å². The van der Waals surface area contributed by atoms with Gasteiger partial charge in [-0.25, -0.2) is 0 Å². The third kappa shape index (κ3) is 1.98. The monoisotopic (exact) mass is 189 g/mol. The molecule has 0 radical (unpaired) electrons. The van der Waals surface area contributed by atoms with Crippen molar-refractivity contribution in [2.24, 2.45) is 0 Å². The molecule has 1 heteroatoms. The first-order valence-electron chi connectivity index (χ1n) is 5.61. The molecule has 1 aromatic carbocycles. The minimum atomic E-state index is 0.704. The van der Waals surface area contributed by atoms with Gasteiger partial charge >= 0.3 is 0 Å². The SMILES string of the molecule is CCNC1CCc2cc(C)ccc2C1. The predicted octanol–water partition coefficient (Wildman–Crippen LogP) is 2.46. The number of likely N-dealkylation sites (N-methyl/N-ethyl adjacent to an activating group) is 1. The minimum Gasteiger partial charge on any atom is -0.314 e. The molecule has 0 bridgehead atoms. The van der Waals surface area contributed by atoms with Gasteiger partial charge < -0.3 is 5.32 Å². The van der Waals surface area contributed by atoms with Crippen LogP contribution >= 0.6 is 0 Å². The number of hydrogen-bond donors (Lipinski definition) is 1. The molecule has 0 aromatic heterocycles. The Morgan fingerprint density at radius 2 is 2.21 bits per heavy atom. The van der Waals surface area contributed by atoms with Crippen LogP contribution < -0.4 is 5.32 Å². The lowest BCUT2D eigenvalue weighted by Gasteiger charge is -2.25. The van der Waals surface area contributed by atoms with Gasteiger partial charge in [-0.05, 0) is 43.9 Å². The Kier molecular flexibility index (Phi) is 2.87. The van der Waals surface area contributed by atoms with E-state index in [1.807, 2.05) is 0 Å². The molecule has 14 heavy (non-hydrogen) atoms. The number of nitrogens with one attached hydrogen (secondary N) is 1. The van der Waals surface area contributed by atoms with Crippen LogP contribution in [0.2, 0.25) is 0 Å². The van der Waals surface area contributed by atoms with E-state index in [9.17, 15) is 0 Å². The van der Waals surface area contributed by atoms with Gasteiger partial charge in [0.2, 0.25) is 0 Å². The maximum Gasteiger partial charge on any atom is 0.0111 e. The average Bonchev–Trinajstić information content (AvgIpc) is 2.19. The Labute approximate surface area is 86.5 Å². The largest absolute Gasteiger partial charge is 0.314 e. The lowest BCUT2D eigenvalue weighted by Crippen LogP contribution is -2.34. The molecule has 0 amide bonds. The van der Waals surface area contributed by atoms with Gasteiger partial charge in [0, 0.05) is 6.04 Å². The van der Waals surface area contributed by atoms with Gasteiger partial charge in [-0.3, -0.25) is 0 Å². The fraction of sp³-hybridized carbons (Fsp3) is 0.538. The molecule has 1 nitrogen and oxygen atoms in total. The predicted molar refractivity (Wildman–Crippen MR) is 60.7 cm³/mol. The molecule has 2 rings (SSSR count). The van der Waals surface area contributed by atoms with E-state index in [-0.39, 0.29) is 0 Å². The lowest BCUT2D eigenvalue weighted by molar-refractivity contribution is 0.470. The molecule has 0 spiro atoms. The number of fused-ring (bicyclic) bond motifs is 1. The van der Waals surface area contributed by atoms with Crippen molar-refractivity contribution in [1.29, 1.82) is 0 Å². The fourth-order valence-corrected chi connectivity index (χ4v) is 2.35. The van der Waals surface area contributed by atoms with Gasteiger partial charge in [-0.15, -0.1) is 0 Å². The van der Waals surface area contributed by atoms with E-state index in [2.05, 4.69) is 37.4 Å². The van der Waals surface area contributed by atoms with Gasteiger partial charge in [0.05, 0.1) is 0 Å². The van der Waals surface area contributed by atoms with Crippen LogP contribution in [0, 0.1) is 6.92 Å². The summed E-state index contributed by atoms with van der Waals surface area (Å²) in [4.78, 5) is 0. The van der Waals surface area contributed by atoms with E-state index in [0.717, 1.165) is 6.54 Å². The quantitative estimate of drug-likeness (QED) is 0.753. The summed E-state index contributed by atoms with van der Waals surface area (Å²) < 4.78 is 0. The smallest absolute Gasteiger partial charge is 0.0111 e. The Hall–Kier alpha value is -0.820. The summed E-state index contributed by atoms with van der Waals surface area (Å²) in [5.74, 6) is 0. The van der Waals surface area contributed by atoms with Crippen LogP contribution in [0.3, 0.4) is 0 Å². The van der Waals surface area contributed by atoms with Crippen molar-refractivity contribution in [2.75, 3.05) is 6.54 Å². The van der Waals surface area contributed by atoms with E-state index in [0.29, 0.717) is 6.04 Å². The zero-order valence-corrected chi connectivity index (χ0v) is 9.14. The molecule has 0 heterocycles. The molecule has 1 N–H and O–H groups in total. The first-order chi connectivity index (χ1) is 6.79. The molecule has 1 aromatic rings. The third-order valence-electron chi connectivity index (χ3n) is 3.08. The van der Waals surface area contributed by atoms with Crippen molar-refractivity contribution in [3.63, 3.8) is 0 Å². The van der Waals surface area contributed by atoms with E-state index in [1.54, 1.807) is 11.1 Å². The van der Waals surface area contributed by atoms with Gasteiger partial charge in [-0.1, -0.05) is 30.7 Å². The highest BCUT2D eigenvalue weighted by atomic mass is 14.9. The van der Waals surface area contributed by atoms with Crippen molar-refractivity contribution < 1.29 is 0 Å². The van der Waals surface area contributed by atoms with Crippen molar-refractivity contribution in [3.8, 4) is 0 Å². The minimum absolute atomic E-state index is 0.704. The molecule has 1 aliphatic rings. The van der Waals surface area contributed by atoms with Crippen LogP contribution in [0.5, 0.6) is 0 Å². The van der Waals surface area contributed by atoms with Crippen LogP contribution in [0.25, 0.3) is 0 Å². The Morgan fingerprint density at radius 1 is 1.36 bits per heavy atom. The van der Waals surface area contributed by atoms with Crippen molar-refractivity contribution in [2.45, 2.75) is 39.2 Å². The molecule has 0 fully saturated rings. The third-order valence-corrected chi connectivity index (χ3v) is 3.08. The maximum atomic E-state index is 3.54. The molecule has 0 saturated carbocycles. The highest BCUT2D eigenvalue weighted by Gasteiger charge is 2.16. The van der Waals surface area contributed by atoms with Crippen LogP contribution in [-0.2, 0) is 12.8 Å². The Morgan fingerprint density at radius 3 is 3.00 bits per heavy atom. The number of hydrogen-bond acceptors (Lipinski definition) is 1. The molecule has 1 aliphatic carbocycles. The molecule has 1 unspecified atom stereocenters. The highest BCUT2D eigenvalue weighted by molar-refractivity contribution is 5.34. The van der Waals surface area contributed by atoms with Gasteiger partial charge in [0.25, 0.3) is 0 Å². The number of rotatable bonds is 2. The molecule has 0 saturated heterocycles. The van der Waals surface area contributed by atoms with E-state index in [4.69, 9.17) is 0 Å². The summed E-state index contributed by atoms with van der Waals surface area (Å²) in [7, 11) is 0. The zero-order valence-electron chi connectivity index (χ0n) is 9.14. The van der Waals surface area contributed by atoms with Crippen molar-refractivity contribution in [3.05, 3.63) is 34.9 Å². The second-order valence-corrected chi connectivity index (χ2v) is 4.27.